The van der Waals surface area contributed by atoms with Gasteiger partial charge in [-0.2, -0.15) is 4.31 Å². The van der Waals surface area contributed by atoms with Crippen LogP contribution >= 0.6 is 22.9 Å². The molecule has 0 saturated carbocycles. The van der Waals surface area contributed by atoms with E-state index in [1.165, 1.54) is 21.7 Å². The predicted octanol–water partition coefficient (Wildman–Crippen LogP) is 1.30. The van der Waals surface area contributed by atoms with E-state index in [0.717, 1.165) is 0 Å². The molecule has 2 rings (SSSR count). The number of rotatable bonds is 3. The number of hydrogen-bond acceptors (Lipinski definition) is 5. The van der Waals surface area contributed by atoms with Gasteiger partial charge in [-0.25, -0.2) is 16.8 Å². The minimum atomic E-state index is -3.64. The van der Waals surface area contributed by atoms with E-state index >= 15 is 0 Å². The summed E-state index contributed by atoms with van der Waals surface area (Å²) in [7, 11) is -6.77. The Bertz CT molecular complexity index is 650. The lowest BCUT2D eigenvalue weighted by Gasteiger charge is -2.19. The Kier molecular flexibility index (Phi) is 4.56. The Labute approximate surface area is 122 Å². The average Bonchev–Trinajstić information content (AvgIpc) is 2.74. The first-order chi connectivity index (χ1) is 8.87. The molecule has 1 aliphatic heterocycles. The third kappa shape index (κ3) is 3.30. The number of sulfone groups is 1. The number of nitrogens with zero attached hydrogens (tertiary/aromatic N) is 1. The monoisotopic (exact) mass is 343 g/mol. The van der Waals surface area contributed by atoms with Gasteiger partial charge < -0.3 is 0 Å². The van der Waals surface area contributed by atoms with E-state index < -0.39 is 19.9 Å². The molecule has 1 aliphatic rings. The lowest BCUT2D eigenvalue weighted by Crippen LogP contribution is -2.33. The molecule has 2 heterocycles. The lowest BCUT2D eigenvalue weighted by molar-refractivity contribution is 0.434. The summed E-state index contributed by atoms with van der Waals surface area (Å²) in [4.78, 5) is 0.792. The molecule has 0 unspecified atom stereocenters. The molecular weight excluding hydrogens is 330 g/mol. The molecule has 0 spiro atoms. The van der Waals surface area contributed by atoms with Gasteiger partial charge in [0.1, 0.15) is 0 Å². The highest BCUT2D eigenvalue weighted by Crippen LogP contribution is 2.27. The first kappa shape index (κ1) is 15.2. The van der Waals surface area contributed by atoms with Crippen LogP contribution < -0.4 is 0 Å². The van der Waals surface area contributed by atoms with Gasteiger partial charge >= 0.3 is 0 Å². The van der Waals surface area contributed by atoms with Crippen LogP contribution in [-0.2, 0) is 25.7 Å². The van der Waals surface area contributed by atoms with E-state index in [-0.39, 0.29) is 35.4 Å². The topological polar surface area (TPSA) is 71.5 Å². The molecule has 1 aromatic heterocycles. The van der Waals surface area contributed by atoms with Crippen LogP contribution in [0.2, 0.25) is 0 Å². The quantitative estimate of drug-likeness (QED) is 0.775. The first-order valence-electron chi connectivity index (χ1n) is 5.70. The van der Waals surface area contributed by atoms with Crippen LogP contribution in [0.3, 0.4) is 0 Å². The molecule has 1 aromatic rings. The molecule has 0 amide bonds. The second kappa shape index (κ2) is 5.69. The van der Waals surface area contributed by atoms with Gasteiger partial charge in [-0.1, -0.05) is 0 Å². The number of hydrogen-bond donors (Lipinski definition) is 0. The Morgan fingerprint density at radius 3 is 2.74 bits per heavy atom. The summed E-state index contributed by atoms with van der Waals surface area (Å²) in [5, 5.41) is 1.68. The Balaban J connectivity index is 2.30. The maximum Gasteiger partial charge on any atom is 0.244 e. The molecule has 1 saturated heterocycles. The number of thiophene rings is 1. The Morgan fingerprint density at radius 2 is 2.05 bits per heavy atom. The second-order valence-corrected chi connectivity index (χ2v) is 9.73. The second-order valence-electron chi connectivity index (χ2n) is 4.25. The molecule has 5 nitrogen and oxygen atoms in total. The van der Waals surface area contributed by atoms with Crippen LogP contribution in [0.1, 0.15) is 11.3 Å². The summed E-state index contributed by atoms with van der Waals surface area (Å²) in [6, 6.07) is 1.52. The van der Waals surface area contributed by atoms with Crippen LogP contribution in [0.4, 0.5) is 0 Å². The smallest absolute Gasteiger partial charge is 0.229 e. The van der Waals surface area contributed by atoms with Gasteiger partial charge in [0.2, 0.25) is 10.0 Å². The van der Waals surface area contributed by atoms with Crippen molar-refractivity contribution in [2.75, 3.05) is 24.6 Å². The van der Waals surface area contributed by atoms with Gasteiger partial charge in [0.05, 0.1) is 22.3 Å². The number of sulfonamides is 1. The number of halogens is 1. The highest BCUT2D eigenvalue weighted by atomic mass is 35.5. The van der Waals surface area contributed by atoms with Crippen molar-refractivity contribution in [2.45, 2.75) is 17.2 Å². The molecule has 108 valence electrons. The Morgan fingerprint density at radius 1 is 1.32 bits per heavy atom. The van der Waals surface area contributed by atoms with E-state index in [4.69, 9.17) is 11.6 Å². The zero-order valence-corrected chi connectivity index (χ0v) is 13.3. The van der Waals surface area contributed by atoms with Crippen LogP contribution in [0.25, 0.3) is 0 Å². The van der Waals surface area contributed by atoms with Crippen molar-refractivity contribution in [2.24, 2.45) is 0 Å². The largest absolute Gasteiger partial charge is 0.244 e. The summed E-state index contributed by atoms with van der Waals surface area (Å²) in [5.41, 5.74) is 0. The molecule has 0 aliphatic carbocycles. The summed E-state index contributed by atoms with van der Waals surface area (Å²) in [6.45, 7) is 0.251. The van der Waals surface area contributed by atoms with Crippen LogP contribution in [0.15, 0.2) is 16.3 Å². The fourth-order valence-electron chi connectivity index (χ4n) is 1.95. The van der Waals surface area contributed by atoms with E-state index in [2.05, 4.69) is 0 Å². The maximum atomic E-state index is 12.5. The summed E-state index contributed by atoms with van der Waals surface area (Å²) in [6.07, 6.45) is 0.335. The normalized spacial score (nSPS) is 21.1. The van der Waals surface area contributed by atoms with Gasteiger partial charge in [0, 0.05) is 18.0 Å². The third-order valence-electron chi connectivity index (χ3n) is 2.96. The van der Waals surface area contributed by atoms with Crippen molar-refractivity contribution in [1.29, 1.82) is 0 Å². The van der Waals surface area contributed by atoms with Crippen LogP contribution in [0, 0.1) is 0 Å². The van der Waals surface area contributed by atoms with E-state index in [0.29, 0.717) is 11.3 Å². The van der Waals surface area contributed by atoms with Gasteiger partial charge in [-0.15, -0.1) is 22.9 Å². The predicted molar refractivity (Wildman–Crippen MR) is 75.9 cm³/mol. The van der Waals surface area contributed by atoms with E-state index in [9.17, 15) is 16.8 Å². The van der Waals surface area contributed by atoms with E-state index in [1.54, 1.807) is 5.38 Å². The Hall–Kier alpha value is -0.150. The molecule has 1 fully saturated rings. The molecule has 0 aromatic carbocycles. The van der Waals surface area contributed by atoms with Gasteiger partial charge in [-0.3, -0.25) is 0 Å². The SMILES string of the molecule is O=S1(=O)CCCN(S(=O)(=O)c2ccsc2CCl)CC1. The van der Waals surface area contributed by atoms with Crippen molar-refractivity contribution in [3.63, 3.8) is 0 Å². The van der Waals surface area contributed by atoms with Crippen molar-refractivity contribution in [1.82, 2.24) is 4.31 Å². The fourth-order valence-corrected chi connectivity index (χ4v) is 6.49. The molecule has 0 N–H and O–H groups in total. The van der Waals surface area contributed by atoms with Crippen LogP contribution in [-0.4, -0.2) is 45.7 Å². The fraction of sp³-hybridized carbons (Fsp3) is 0.600. The van der Waals surface area contributed by atoms with Gasteiger partial charge in [0.15, 0.2) is 9.84 Å². The molecule has 9 heteroatoms. The van der Waals surface area contributed by atoms with E-state index in [1.807, 2.05) is 0 Å². The van der Waals surface area contributed by atoms with Gasteiger partial charge in [0.25, 0.3) is 0 Å². The molecule has 0 bridgehead atoms. The maximum absolute atomic E-state index is 12.5. The minimum absolute atomic E-state index is 0.0161. The number of alkyl halides is 1. The minimum Gasteiger partial charge on any atom is -0.229 e. The van der Waals surface area contributed by atoms with Crippen molar-refractivity contribution >= 4 is 42.8 Å². The summed E-state index contributed by atoms with van der Waals surface area (Å²) < 4.78 is 49.2. The average molecular weight is 344 g/mol. The van der Waals surface area contributed by atoms with Crippen molar-refractivity contribution < 1.29 is 16.8 Å². The standard InChI is InChI=1S/C10H14ClNO4S3/c11-8-9-10(2-5-17-9)19(15,16)12-3-1-6-18(13,14)7-4-12/h2,5H,1,3-4,6-8H2. The highest BCUT2D eigenvalue weighted by molar-refractivity contribution is 7.91. The van der Waals surface area contributed by atoms with Crippen molar-refractivity contribution in [3.8, 4) is 0 Å². The zero-order chi connectivity index (χ0) is 14.1. The lowest BCUT2D eigenvalue weighted by atomic mass is 10.5. The van der Waals surface area contributed by atoms with Crippen LogP contribution in [0.5, 0.6) is 0 Å². The highest BCUT2D eigenvalue weighted by Gasteiger charge is 2.30. The zero-order valence-electron chi connectivity index (χ0n) is 10.1. The third-order valence-corrected chi connectivity index (χ3v) is 8.13. The first-order valence-corrected chi connectivity index (χ1v) is 10.4. The molecule has 19 heavy (non-hydrogen) atoms. The van der Waals surface area contributed by atoms with Gasteiger partial charge in [-0.05, 0) is 17.9 Å². The summed E-state index contributed by atoms with van der Waals surface area (Å²) >= 11 is 7.02. The summed E-state index contributed by atoms with van der Waals surface area (Å²) in [5.74, 6) is 0.0654. The molecule has 0 radical (unpaired) electrons. The van der Waals surface area contributed by atoms with Crippen molar-refractivity contribution in [3.05, 3.63) is 16.3 Å². The molecular formula is C10H14ClNO4S3. The molecule has 0 atom stereocenters.